The van der Waals surface area contributed by atoms with Gasteiger partial charge in [-0.3, -0.25) is 9.69 Å². The van der Waals surface area contributed by atoms with Crippen molar-refractivity contribution in [2.75, 3.05) is 18.4 Å². The van der Waals surface area contributed by atoms with E-state index in [0.29, 0.717) is 6.54 Å². The maximum Gasteiger partial charge on any atom is 0.221 e. The summed E-state index contributed by atoms with van der Waals surface area (Å²) in [7, 11) is 0. The second-order valence-electron chi connectivity index (χ2n) is 6.04. The van der Waals surface area contributed by atoms with Crippen LogP contribution in [0.5, 0.6) is 0 Å². The van der Waals surface area contributed by atoms with Gasteiger partial charge in [0.1, 0.15) is 0 Å². The molecule has 4 heteroatoms. The average Bonchev–Trinajstić information content (AvgIpc) is 2.55. The van der Waals surface area contributed by atoms with Crippen LogP contribution >= 0.6 is 0 Å². The van der Waals surface area contributed by atoms with Gasteiger partial charge in [-0.1, -0.05) is 42.5 Å². The highest BCUT2D eigenvalue weighted by molar-refractivity contribution is 5.89. The first kappa shape index (κ1) is 15.7. The fourth-order valence-electron chi connectivity index (χ4n) is 3.16. The lowest BCUT2D eigenvalue weighted by atomic mass is 9.97. The molecule has 0 saturated heterocycles. The summed E-state index contributed by atoms with van der Waals surface area (Å²) in [4.78, 5) is 13.6. The molecular formula is C19H22N2O2. The van der Waals surface area contributed by atoms with Crippen LogP contribution in [0.1, 0.15) is 29.7 Å². The number of aliphatic hydroxyl groups is 1. The van der Waals surface area contributed by atoms with Crippen LogP contribution in [0.25, 0.3) is 0 Å². The monoisotopic (exact) mass is 310 g/mol. The summed E-state index contributed by atoms with van der Waals surface area (Å²) in [6.45, 7) is 3.83. The summed E-state index contributed by atoms with van der Waals surface area (Å²) in [5.74, 6) is -0.0414. The minimum Gasteiger partial charge on any atom is -0.387 e. The number of fused-ring (bicyclic) bond motifs is 1. The normalized spacial score (nSPS) is 15.7. The fourth-order valence-corrected chi connectivity index (χ4v) is 3.16. The molecule has 0 bridgehead atoms. The molecule has 0 saturated carbocycles. The van der Waals surface area contributed by atoms with Crippen molar-refractivity contribution >= 4 is 11.6 Å². The highest BCUT2D eigenvalue weighted by Crippen LogP contribution is 2.27. The Balaban J connectivity index is 1.70. The SMILES string of the molecule is CC(=O)Nc1cccc2c1CCN(CC(O)c1ccccc1)C2. The lowest BCUT2D eigenvalue weighted by molar-refractivity contribution is -0.114. The van der Waals surface area contributed by atoms with Crippen LogP contribution in [0.4, 0.5) is 5.69 Å². The van der Waals surface area contributed by atoms with E-state index in [1.165, 1.54) is 18.1 Å². The van der Waals surface area contributed by atoms with Gasteiger partial charge in [-0.2, -0.15) is 0 Å². The zero-order valence-corrected chi connectivity index (χ0v) is 13.3. The third-order valence-corrected chi connectivity index (χ3v) is 4.27. The molecular weight excluding hydrogens is 288 g/mol. The molecule has 2 aromatic carbocycles. The summed E-state index contributed by atoms with van der Waals surface area (Å²) in [6, 6.07) is 15.8. The Morgan fingerprint density at radius 1 is 1.22 bits per heavy atom. The second kappa shape index (κ2) is 6.94. The van der Waals surface area contributed by atoms with Crippen LogP contribution < -0.4 is 5.32 Å². The predicted octanol–water partition coefficient (Wildman–Crippen LogP) is 2.74. The van der Waals surface area contributed by atoms with Crippen LogP contribution in [-0.2, 0) is 17.8 Å². The maximum atomic E-state index is 11.3. The Kier molecular flexibility index (Phi) is 4.74. The molecule has 1 heterocycles. The molecule has 1 aliphatic heterocycles. The van der Waals surface area contributed by atoms with Crippen LogP contribution in [0.3, 0.4) is 0 Å². The van der Waals surface area contributed by atoms with E-state index >= 15 is 0 Å². The van der Waals surface area contributed by atoms with Gasteiger partial charge in [0.25, 0.3) is 0 Å². The molecule has 4 nitrogen and oxygen atoms in total. The number of rotatable bonds is 4. The van der Waals surface area contributed by atoms with Crippen molar-refractivity contribution in [2.45, 2.75) is 26.0 Å². The molecule has 0 aliphatic carbocycles. The Morgan fingerprint density at radius 3 is 2.74 bits per heavy atom. The third kappa shape index (κ3) is 3.78. The van der Waals surface area contributed by atoms with Crippen molar-refractivity contribution in [3.8, 4) is 0 Å². The van der Waals surface area contributed by atoms with Crippen molar-refractivity contribution in [1.29, 1.82) is 0 Å². The first-order chi connectivity index (χ1) is 11.1. The van der Waals surface area contributed by atoms with E-state index in [9.17, 15) is 9.90 Å². The van der Waals surface area contributed by atoms with Crippen molar-refractivity contribution in [3.05, 3.63) is 65.2 Å². The number of hydrogen-bond acceptors (Lipinski definition) is 3. The lowest BCUT2D eigenvalue weighted by Crippen LogP contribution is -2.34. The number of carbonyl (C=O) groups is 1. The van der Waals surface area contributed by atoms with Gasteiger partial charge in [-0.25, -0.2) is 0 Å². The predicted molar refractivity (Wildman–Crippen MR) is 91.1 cm³/mol. The number of carbonyl (C=O) groups excluding carboxylic acids is 1. The number of β-amino-alcohol motifs (C(OH)–C–C–N with tert-alkyl or cyclic N) is 1. The van der Waals surface area contributed by atoms with Gasteiger partial charge in [-0.05, 0) is 29.2 Å². The summed E-state index contributed by atoms with van der Waals surface area (Å²) >= 11 is 0. The summed E-state index contributed by atoms with van der Waals surface area (Å²) in [5, 5.41) is 13.3. The fraction of sp³-hybridized carbons (Fsp3) is 0.316. The van der Waals surface area contributed by atoms with Gasteiger partial charge < -0.3 is 10.4 Å². The van der Waals surface area contributed by atoms with E-state index in [2.05, 4.69) is 16.3 Å². The molecule has 23 heavy (non-hydrogen) atoms. The van der Waals surface area contributed by atoms with Gasteiger partial charge in [0.05, 0.1) is 6.10 Å². The molecule has 0 aromatic heterocycles. The van der Waals surface area contributed by atoms with Crippen LogP contribution in [0.2, 0.25) is 0 Å². The Hall–Kier alpha value is -2.17. The highest BCUT2D eigenvalue weighted by Gasteiger charge is 2.21. The van der Waals surface area contributed by atoms with Crippen molar-refractivity contribution < 1.29 is 9.90 Å². The molecule has 1 amide bonds. The smallest absolute Gasteiger partial charge is 0.221 e. The van der Waals surface area contributed by atoms with E-state index in [1.54, 1.807) is 0 Å². The number of benzene rings is 2. The number of nitrogens with one attached hydrogen (secondary N) is 1. The first-order valence-electron chi connectivity index (χ1n) is 7.97. The van der Waals surface area contributed by atoms with Gasteiger partial charge in [-0.15, -0.1) is 0 Å². The zero-order chi connectivity index (χ0) is 16.2. The van der Waals surface area contributed by atoms with E-state index in [0.717, 1.165) is 30.8 Å². The molecule has 1 unspecified atom stereocenters. The second-order valence-corrected chi connectivity index (χ2v) is 6.04. The minimum absolute atomic E-state index is 0.0414. The van der Waals surface area contributed by atoms with Crippen molar-refractivity contribution in [3.63, 3.8) is 0 Å². The average molecular weight is 310 g/mol. The van der Waals surface area contributed by atoms with E-state index < -0.39 is 6.10 Å². The number of anilines is 1. The Labute approximate surface area is 136 Å². The van der Waals surface area contributed by atoms with Crippen LogP contribution in [0, 0.1) is 0 Å². The number of nitrogens with zero attached hydrogens (tertiary/aromatic N) is 1. The van der Waals surface area contributed by atoms with E-state index in [1.807, 2.05) is 42.5 Å². The number of amides is 1. The largest absolute Gasteiger partial charge is 0.387 e. The molecule has 1 atom stereocenters. The van der Waals surface area contributed by atoms with Gasteiger partial charge in [0, 0.05) is 32.2 Å². The van der Waals surface area contributed by atoms with E-state index in [4.69, 9.17) is 0 Å². The van der Waals surface area contributed by atoms with E-state index in [-0.39, 0.29) is 5.91 Å². The molecule has 0 spiro atoms. The summed E-state index contributed by atoms with van der Waals surface area (Å²) in [6.07, 6.45) is 0.407. The highest BCUT2D eigenvalue weighted by atomic mass is 16.3. The van der Waals surface area contributed by atoms with Crippen molar-refractivity contribution in [1.82, 2.24) is 4.90 Å². The number of aliphatic hydroxyl groups excluding tert-OH is 1. The van der Waals surface area contributed by atoms with Gasteiger partial charge in [0.15, 0.2) is 0 Å². The molecule has 3 rings (SSSR count). The molecule has 2 aromatic rings. The maximum absolute atomic E-state index is 11.3. The minimum atomic E-state index is -0.476. The molecule has 120 valence electrons. The van der Waals surface area contributed by atoms with Crippen molar-refractivity contribution in [2.24, 2.45) is 0 Å². The lowest BCUT2D eigenvalue weighted by Gasteiger charge is -2.31. The number of hydrogen-bond donors (Lipinski definition) is 2. The molecule has 2 N–H and O–H groups in total. The summed E-state index contributed by atoms with van der Waals surface area (Å²) < 4.78 is 0. The quantitative estimate of drug-likeness (QED) is 0.913. The van der Waals surface area contributed by atoms with Crippen LogP contribution in [0.15, 0.2) is 48.5 Å². The molecule has 1 aliphatic rings. The first-order valence-corrected chi connectivity index (χ1v) is 7.97. The van der Waals surface area contributed by atoms with Crippen LogP contribution in [-0.4, -0.2) is 29.0 Å². The zero-order valence-electron chi connectivity index (χ0n) is 13.3. The van der Waals surface area contributed by atoms with Gasteiger partial charge in [0.2, 0.25) is 5.91 Å². The summed E-state index contributed by atoms with van der Waals surface area (Å²) in [5.41, 5.74) is 4.31. The van der Waals surface area contributed by atoms with Gasteiger partial charge >= 0.3 is 0 Å². The topological polar surface area (TPSA) is 52.6 Å². The Morgan fingerprint density at radius 2 is 2.00 bits per heavy atom. The molecule has 0 radical (unpaired) electrons. The Bertz CT molecular complexity index is 685. The standard InChI is InChI=1S/C19H22N2O2/c1-14(22)20-18-9-5-8-16-12-21(11-10-17(16)18)13-19(23)15-6-3-2-4-7-15/h2-9,19,23H,10-13H2,1H3,(H,20,22). The third-order valence-electron chi connectivity index (χ3n) is 4.27. The molecule has 0 fully saturated rings.